The van der Waals surface area contributed by atoms with Gasteiger partial charge in [0.05, 0.1) is 38.8 Å². The number of quaternary nitrogens is 2. The molecule has 2 aliphatic rings. The normalized spacial score (nSPS) is 33.3. The second-order valence-electron chi connectivity index (χ2n) is 8.99. The standard InChI is InChI=1S/C23H50N4/c1-9-17-24-19-22(12-4)27(15-7,16-8)23(24)25(18-10-2)21(11-3)20-26(23,13-5)14-6/h21-22H,9-20H2,1-8H3/q+2. The molecule has 27 heavy (non-hydrogen) atoms. The first-order valence-electron chi connectivity index (χ1n) is 12.2. The molecule has 2 fully saturated rings. The SMILES string of the molecule is CCCN1CC(CC)[N+](CC)(CC)C12N(CCC)C(CC)C[N+]2(CC)CC. The van der Waals surface area contributed by atoms with Gasteiger partial charge in [0.1, 0.15) is 12.6 Å². The van der Waals surface area contributed by atoms with Crippen LogP contribution in [0.15, 0.2) is 0 Å². The van der Waals surface area contributed by atoms with Crippen LogP contribution in [0.5, 0.6) is 0 Å². The van der Waals surface area contributed by atoms with Gasteiger partial charge in [0.15, 0.2) is 0 Å². The van der Waals surface area contributed by atoms with Crippen LogP contribution in [0.2, 0.25) is 0 Å². The van der Waals surface area contributed by atoms with Crippen molar-refractivity contribution < 1.29 is 8.97 Å². The Morgan fingerprint density at radius 1 is 0.778 bits per heavy atom. The molecule has 0 N–H and O–H groups in total. The fourth-order valence-electron chi connectivity index (χ4n) is 7.34. The van der Waals surface area contributed by atoms with E-state index < -0.39 is 0 Å². The van der Waals surface area contributed by atoms with Gasteiger partial charge >= 0.3 is 5.91 Å². The lowest BCUT2D eigenvalue weighted by atomic mass is 10.1. The third-order valence-electron chi connectivity index (χ3n) is 8.41. The van der Waals surface area contributed by atoms with E-state index in [1.165, 1.54) is 87.0 Å². The summed E-state index contributed by atoms with van der Waals surface area (Å²) in [6.45, 7) is 29.6. The van der Waals surface area contributed by atoms with Gasteiger partial charge in [0.2, 0.25) is 0 Å². The summed E-state index contributed by atoms with van der Waals surface area (Å²) in [5.74, 6) is 0.139. The molecule has 4 nitrogen and oxygen atoms in total. The molecule has 0 bridgehead atoms. The third kappa shape index (κ3) is 2.93. The first-order valence-corrected chi connectivity index (χ1v) is 12.2. The van der Waals surface area contributed by atoms with Gasteiger partial charge in [-0.05, 0) is 53.4 Å². The van der Waals surface area contributed by atoms with Gasteiger partial charge in [0.25, 0.3) is 0 Å². The Bertz CT molecular complexity index is 457. The number of nitrogens with zero attached hydrogens (tertiary/aromatic N) is 4. The quantitative estimate of drug-likeness (QED) is 0.519. The molecule has 0 amide bonds. The van der Waals surface area contributed by atoms with Gasteiger partial charge in [-0.1, -0.05) is 27.7 Å². The highest BCUT2D eigenvalue weighted by atomic mass is 15.9. The highest BCUT2D eigenvalue weighted by Crippen LogP contribution is 2.53. The monoisotopic (exact) mass is 382 g/mol. The Kier molecular flexibility index (Phi) is 7.80. The van der Waals surface area contributed by atoms with Crippen LogP contribution in [-0.4, -0.2) is 89.1 Å². The number of hydrogen-bond donors (Lipinski definition) is 0. The highest BCUT2D eigenvalue weighted by Gasteiger charge is 2.79. The molecule has 0 aromatic rings. The van der Waals surface area contributed by atoms with Crippen molar-refractivity contribution in [2.45, 2.75) is 99.1 Å². The maximum atomic E-state index is 3.03. The van der Waals surface area contributed by atoms with Crippen LogP contribution < -0.4 is 0 Å². The Balaban J connectivity index is 2.83. The predicted octanol–water partition coefficient (Wildman–Crippen LogP) is 4.32. The molecule has 0 saturated carbocycles. The van der Waals surface area contributed by atoms with Crippen LogP contribution in [-0.2, 0) is 0 Å². The van der Waals surface area contributed by atoms with Gasteiger partial charge in [-0.3, -0.25) is 0 Å². The van der Waals surface area contributed by atoms with Gasteiger partial charge in [-0.25, -0.2) is 8.97 Å². The van der Waals surface area contributed by atoms with E-state index in [2.05, 4.69) is 65.2 Å². The van der Waals surface area contributed by atoms with E-state index in [4.69, 9.17) is 0 Å². The van der Waals surface area contributed by atoms with Crippen molar-refractivity contribution in [2.75, 3.05) is 52.4 Å². The fourth-order valence-corrected chi connectivity index (χ4v) is 7.34. The first-order chi connectivity index (χ1) is 13.0. The third-order valence-corrected chi connectivity index (χ3v) is 8.41. The number of likely N-dealkylation sites (N-methyl/N-ethyl adjacent to an activating group) is 2. The van der Waals surface area contributed by atoms with Crippen molar-refractivity contribution in [3.05, 3.63) is 0 Å². The lowest BCUT2D eigenvalue weighted by molar-refractivity contribution is -1.18. The molecule has 0 aromatic carbocycles. The van der Waals surface area contributed by atoms with E-state index in [1.807, 2.05) is 0 Å². The topological polar surface area (TPSA) is 6.48 Å². The molecule has 4 heteroatoms. The van der Waals surface area contributed by atoms with E-state index in [0.29, 0.717) is 0 Å². The summed E-state index contributed by atoms with van der Waals surface area (Å²) in [5, 5.41) is 0. The van der Waals surface area contributed by atoms with Crippen molar-refractivity contribution in [3.63, 3.8) is 0 Å². The molecule has 2 saturated heterocycles. The Morgan fingerprint density at radius 3 is 1.78 bits per heavy atom. The Hall–Kier alpha value is -0.160. The smallest absolute Gasteiger partial charge is 0.242 e. The molecule has 160 valence electrons. The molecule has 0 aliphatic carbocycles. The summed E-state index contributed by atoms with van der Waals surface area (Å²) in [4.78, 5) is 6.00. The van der Waals surface area contributed by atoms with Gasteiger partial charge < -0.3 is 0 Å². The van der Waals surface area contributed by atoms with E-state index >= 15 is 0 Å². The van der Waals surface area contributed by atoms with Crippen molar-refractivity contribution in [1.82, 2.24) is 9.80 Å². The summed E-state index contributed by atoms with van der Waals surface area (Å²) in [6.07, 6.45) is 5.10. The molecule has 2 heterocycles. The minimum Gasteiger partial charge on any atom is -0.242 e. The second kappa shape index (κ2) is 9.11. The molecule has 2 rings (SSSR count). The van der Waals surface area contributed by atoms with E-state index in [0.717, 1.165) is 12.1 Å². The van der Waals surface area contributed by atoms with Crippen LogP contribution in [0.1, 0.15) is 81.1 Å². The van der Waals surface area contributed by atoms with Crippen LogP contribution in [0.4, 0.5) is 0 Å². The van der Waals surface area contributed by atoms with E-state index in [-0.39, 0.29) is 5.91 Å². The Morgan fingerprint density at radius 2 is 1.37 bits per heavy atom. The maximum Gasteiger partial charge on any atom is 0.357 e. The second-order valence-corrected chi connectivity index (χ2v) is 8.99. The van der Waals surface area contributed by atoms with Crippen molar-refractivity contribution in [1.29, 1.82) is 0 Å². The van der Waals surface area contributed by atoms with Crippen LogP contribution in [0.3, 0.4) is 0 Å². The molecule has 0 aromatic heterocycles. The minimum atomic E-state index is 0.139. The summed E-state index contributed by atoms with van der Waals surface area (Å²) in [7, 11) is 0. The average Bonchev–Trinajstić information content (AvgIpc) is 3.15. The maximum absolute atomic E-state index is 3.03. The van der Waals surface area contributed by atoms with Gasteiger partial charge in [-0.2, -0.15) is 9.80 Å². The molecular weight excluding hydrogens is 332 g/mol. The molecule has 0 radical (unpaired) electrons. The zero-order valence-electron chi connectivity index (χ0n) is 19.9. The van der Waals surface area contributed by atoms with Gasteiger partial charge in [-0.15, -0.1) is 0 Å². The number of rotatable bonds is 10. The summed E-state index contributed by atoms with van der Waals surface area (Å²) >= 11 is 0. The Labute approximate surface area is 170 Å². The van der Waals surface area contributed by atoms with Crippen LogP contribution in [0, 0.1) is 0 Å². The van der Waals surface area contributed by atoms with E-state index in [9.17, 15) is 0 Å². The molecule has 3 atom stereocenters. The largest absolute Gasteiger partial charge is 0.357 e. The summed E-state index contributed by atoms with van der Waals surface area (Å²) in [5.41, 5.74) is 0. The predicted molar refractivity (Wildman–Crippen MR) is 117 cm³/mol. The van der Waals surface area contributed by atoms with Crippen LogP contribution in [0.25, 0.3) is 0 Å². The zero-order chi connectivity index (χ0) is 20.3. The molecular formula is C23H50N4+2. The average molecular weight is 383 g/mol. The number of hydrogen-bond acceptors (Lipinski definition) is 2. The molecule has 2 aliphatic heterocycles. The lowest BCUT2D eigenvalue weighted by Crippen LogP contribution is -2.84. The minimum absolute atomic E-state index is 0.139. The zero-order valence-corrected chi connectivity index (χ0v) is 19.9. The van der Waals surface area contributed by atoms with Crippen molar-refractivity contribution >= 4 is 0 Å². The highest BCUT2D eigenvalue weighted by molar-refractivity contribution is 4.94. The van der Waals surface area contributed by atoms with E-state index in [1.54, 1.807) is 0 Å². The molecule has 3 unspecified atom stereocenters. The first kappa shape index (κ1) is 23.1. The fraction of sp³-hybridized carbons (Fsp3) is 1.00. The lowest BCUT2D eigenvalue weighted by Gasteiger charge is -2.59. The summed E-state index contributed by atoms with van der Waals surface area (Å²) < 4.78 is 2.55. The van der Waals surface area contributed by atoms with Crippen molar-refractivity contribution in [2.24, 2.45) is 0 Å². The van der Waals surface area contributed by atoms with Crippen LogP contribution >= 0.6 is 0 Å². The van der Waals surface area contributed by atoms with Gasteiger partial charge in [0, 0.05) is 13.1 Å². The molecule has 1 spiro atoms. The summed E-state index contributed by atoms with van der Waals surface area (Å²) in [6, 6.07) is 1.48. The van der Waals surface area contributed by atoms with Crippen molar-refractivity contribution in [3.8, 4) is 0 Å².